The van der Waals surface area contributed by atoms with Gasteiger partial charge in [-0.05, 0) is 30.7 Å². The van der Waals surface area contributed by atoms with Gasteiger partial charge in [-0.2, -0.15) is 0 Å². The van der Waals surface area contributed by atoms with E-state index in [1.54, 1.807) is 36.0 Å². The Hall–Kier alpha value is -2.80. The minimum atomic E-state index is -1.32. The molecule has 6 nitrogen and oxygen atoms in total. The zero-order chi connectivity index (χ0) is 16.4. The Morgan fingerprint density at radius 1 is 1.39 bits per heavy atom. The van der Waals surface area contributed by atoms with Crippen LogP contribution in [0.3, 0.4) is 0 Å². The summed E-state index contributed by atoms with van der Waals surface area (Å²) in [6.45, 7) is 1.52. The first kappa shape index (κ1) is 15.1. The van der Waals surface area contributed by atoms with Crippen LogP contribution in [0.15, 0.2) is 48.9 Å². The topological polar surface area (TPSA) is 79.5 Å². The summed E-state index contributed by atoms with van der Waals surface area (Å²) in [6, 6.07) is 7.22. The summed E-state index contributed by atoms with van der Waals surface area (Å²) in [5.41, 5.74) is -0.602. The van der Waals surface area contributed by atoms with Gasteiger partial charge in [0.15, 0.2) is 0 Å². The van der Waals surface area contributed by atoms with E-state index in [0.717, 1.165) is 0 Å². The number of carbonyl (C=O) groups excluding carboxylic acids is 1. The Morgan fingerprint density at radius 3 is 2.83 bits per heavy atom. The molecular formula is C16H15FN4O2. The number of aliphatic hydroxyl groups is 1. The fraction of sp³-hybridized carbons (Fsp3) is 0.188. The Bertz CT molecular complexity index is 810. The van der Waals surface area contributed by atoms with Crippen molar-refractivity contribution in [2.75, 3.05) is 6.54 Å². The van der Waals surface area contributed by atoms with Crippen LogP contribution in [0.2, 0.25) is 0 Å². The molecule has 3 rings (SSSR count). The predicted octanol–water partition coefficient (Wildman–Crippen LogP) is 1.51. The van der Waals surface area contributed by atoms with Crippen LogP contribution in [0.1, 0.15) is 23.0 Å². The quantitative estimate of drug-likeness (QED) is 0.765. The molecule has 0 radical (unpaired) electrons. The number of halogens is 1. The molecule has 1 unspecified atom stereocenters. The first-order chi connectivity index (χ1) is 11.0. The van der Waals surface area contributed by atoms with Crippen molar-refractivity contribution in [2.24, 2.45) is 0 Å². The van der Waals surface area contributed by atoms with E-state index in [0.29, 0.717) is 11.3 Å². The van der Waals surface area contributed by atoms with Gasteiger partial charge in [-0.3, -0.25) is 9.20 Å². The van der Waals surface area contributed by atoms with Gasteiger partial charge in [0.25, 0.3) is 5.91 Å². The maximum Gasteiger partial charge on any atom is 0.271 e. The van der Waals surface area contributed by atoms with Crippen molar-refractivity contribution in [1.82, 2.24) is 19.7 Å². The van der Waals surface area contributed by atoms with Crippen LogP contribution in [-0.2, 0) is 5.60 Å². The van der Waals surface area contributed by atoms with Gasteiger partial charge < -0.3 is 10.4 Å². The molecule has 7 heteroatoms. The van der Waals surface area contributed by atoms with Gasteiger partial charge in [-0.15, -0.1) is 0 Å². The van der Waals surface area contributed by atoms with E-state index >= 15 is 0 Å². The van der Waals surface area contributed by atoms with Crippen LogP contribution in [-0.4, -0.2) is 31.9 Å². The molecule has 0 fully saturated rings. The fourth-order valence-corrected chi connectivity index (χ4v) is 2.19. The summed E-state index contributed by atoms with van der Waals surface area (Å²) in [7, 11) is 0. The second-order valence-electron chi connectivity index (χ2n) is 5.42. The molecule has 1 aromatic carbocycles. The number of nitrogens with one attached hydrogen (secondary N) is 1. The summed E-state index contributed by atoms with van der Waals surface area (Å²) in [6.07, 6.45) is 4.88. The van der Waals surface area contributed by atoms with Crippen molar-refractivity contribution in [1.29, 1.82) is 0 Å². The van der Waals surface area contributed by atoms with Gasteiger partial charge in [0.05, 0.1) is 6.54 Å². The van der Waals surface area contributed by atoms with E-state index in [-0.39, 0.29) is 18.1 Å². The van der Waals surface area contributed by atoms with E-state index in [1.807, 2.05) is 0 Å². The monoisotopic (exact) mass is 314 g/mol. The molecule has 1 amide bonds. The third-order valence-corrected chi connectivity index (χ3v) is 3.53. The Kier molecular flexibility index (Phi) is 3.79. The molecule has 0 saturated carbocycles. The van der Waals surface area contributed by atoms with Crippen LogP contribution in [0.25, 0.3) is 5.78 Å². The minimum Gasteiger partial charge on any atom is -0.384 e. The molecular weight excluding hydrogens is 299 g/mol. The number of hydrogen-bond donors (Lipinski definition) is 2. The average molecular weight is 314 g/mol. The third kappa shape index (κ3) is 3.19. The fourth-order valence-electron chi connectivity index (χ4n) is 2.19. The molecule has 23 heavy (non-hydrogen) atoms. The summed E-state index contributed by atoms with van der Waals surface area (Å²) >= 11 is 0. The number of aromatic nitrogens is 3. The van der Waals surface area contributed by atoms with Crippen molar-refractivity contribution in [3.8, 4) is 0 Å². The van der Waals surface area contributed by atoms with Crippen molar-refractivity contribution < 1.29 is 14.3 Å². The molecule has 2 N–H and O–H groups in total. The molecule has 0 saturated heterocycles. The minimum absolute atomic E-state index is 0.0290. The van der Waals surface area contributed by atoms with Crippen LogP contribution in [0.4, 0.5) is 4.39 Å². The molecule has 0 aliphatic heterocycles. The summed E-state index contributed by atoms with van der Waals surface area (Å²) in [4.78, 5) is 20.3. The molecule has 0 aliphatic rings. The van der Waals surface area contributed by atoms with Crippen LogP contribution >= 0.6 is 0 Å². The molecule has 0 aliphatic carbocycles. The van der Waals surface area contributed by atoms with Gasteiger partial charge in [0.1, 0.15) is 17.1 Å². The number of hydrogen-bond acceptors (Lipinski definition) is 4. The van der Waals surface area contributed by atoms with Crippen LogP contribution < -0.4 is 5.32 Å². The average Bonchev–Trinajstić information content (AvgIpc) is 2.97. The van der Waals surface area contributed by atoms with E-state index in [4.69, 9.17) is 0 Å². The summed E-state index contributed by atoms with van der Waals surface area (Å²) in [5.74, 6) is -0.383. The van der Waals surface area contributed by atoms with Gasteiger partial charge in [-0.25, -0.2) is 14.4 Å². The van der Waals surface area contributed by atoms with E-state index in [2.05, 4.69) is 15.3 Å². The largest absolute Gasteiger partial charge is 0.384 e. The molecule has 1 atom stereocenters. The highest BCUT2D eigenvalue weighted by atomic mass is 19.1. The van der Waals surface area contributed by atoms with Gasteiger partial charge in [-0.1, -0.05) is 12.1 Å². The molecule has 118 valence electrons. The lowest BCUT2D eigenvalue weighted by atomic mass is 9.96. The summed E-state index contributed by atoms with van der Waals surface area (Å²) < 4.78 is 14.6. The zero-order valence-electron chi connectivity index (χ0n) is 12.4. The van der Waals surface area contributed by atoms with Gasteiger partial charge in [0, 0.05) is 18.6 Å². The molecule has 3 aromatic rings. The van der Waals surface area contributed by atoms with E-state index in [9.17, 15) is 14.3 Å². The number of nitrogens with zero attached hydrogens (tertiary/aromatic N) is 3. The van der Waals surface area contributed by atoms with Crippen molar-refractivity contribution in [3.63, 3.8) is 0 Å². The summed E-state index contributed by atoms with van der Waals surface area (Å²) in [5, 5.41) is 13.1. The van der Waals surface area contributed by atoms with Crippen LogP contribution in [0, 0.1) is 5.82 Å². The molecule has 2 aromatic heterocycles. The second kappa shape index (κ2) is 5.77. The highest BCUT2D eigenvalue weighted by Gasteiger charge is 2.24. The Labute approximate surface area is 131 Å². The van der Waals surface area contributed by atoms with E-state index in [1.165, 1.54) is 24.3 Å². The second-order valence-corrected chi connectivity index (χ2v) is 5.42. The SMILES string of the molecule is CC(O)(CNC(=O)c1cn2cccnc2n1)c1ccc(F)cc1. The van der Waals surface area contributed by atoms with Gasteiger partial charge in [0.2, 0.25) is 5.78 Å². The lowest BCUT2D eigenvalue weighted by Crippen LogP contribution is -2.38. The maximum absolute atomic E-state index is 12.9. The third-order valence-electron chi connectivity index (χ3n) is 3.53. The van der Waals surface area contributed by atoms with Crippen molar-refractivity contribution in [2.45, 2.75) is 12.5 Å². The number of rotatable bonds is 4. The number of amides is 1. The van der Waals surface area contributed by atoms with Gasteiger partial charge >= 0.3 is 0 Å². The highest BCUT2D eigenvalue weighted by molar-refractivity contribution is 5.92. The highest BCUT2D eigenvalue weighted by Crippen LogP contribution is 2.20. The van der Waals surface area contributed by atoms with E-state index < -0.39 is 11.5 Å². The number of fused-ring (bicyclic) bond motifs is 1. The first-order valence-corrected chi connectivity index (χ1v) is 7.02. The first-order valence-electron chi connectivity index (χ1n) is 7.02. The lowest BCUT2D eigenvalue weighted by Gasteiger charge is -2.24. The number of carbonyl (C=O) groups is 1. The smallest absolute Gasteiger partial charge is 0.271 e. The van der Waals surface area contributed by atoms with Crippen molar-refractivity contribution in [3.05, 3.63) is 66.0 Å². The molecule has 2 heterocycles. The Balaban J connectivity index is 1.71. The molecule has 0 bridgehead atoms. The zero-order valence-corrected chi connectivity index (χ0v) is 12.4. The van der Waals surface area contributed by atoms with Crippen molar-refractivity contribution >= 4 is 11.7 Å². The normalized spacial score (nSPS) is 13.7. The number of imidazole rings is 1. The standard InChI is InChI=1S/C16H15FN4O2/c1-16(23,11-3-5-12(17)6-4-11)10-19-14(22)13-9-21-8-2-7-18-15(21)20-13/h2-9,23H,10H2,1H3,(H,19,22). The molecule has 0 spiro atoms. The predicted molar refractivity (Wildman–Crippen MR) is 81.3 cm³/mol. The Morgan fingerprint density at radius 2 is 2.13 bits per heavy atom. The number of benzene rings is 1. The maximum atomic E-state index is 12.9. The lowest BCUT2D eigenvalue weighted by molar-refractivity contribution is 0.0524. The van der Waals surface area contributed by atoms with Crippen LogP contribution in [0.5, 0.6) is 0 Å².